The molecular weight excluding hydrogens is 224 g/mol. The number of nitriles is 1. The van der Waals surface area contributed by atoms with E-state index in [1.807, 2.05) is 35.1 Å². The van der Waals surface area contributed by atoms with Crippen molar-refractivity contribution in [1.29, 1.82) is 5.26 Å². The van der Waals surface area contributed by atoms with Crippen molar-refractivity contribution >= 4 is 5.69 Å². The molecule has 2 rings (SSSR count). The van der Waals surface area contributed by atoms with Crippen LogP contribution in [0.1, 0.15) is 24.5 Å². The molecule has 4 nitrogen and oxygen atoms in total. The Kier molecular flexibility index (Phi) is 3.98. The molecule has 2 aromatic rings. The lowest BCUT2D eigenvalue weighted by Crippen LogP contribution is -1.99. The van der Waals surface area contributed by atoms with Gasteiger partial charge < -0.3 is 5.32 Å². The highest BCUT2D eigenvalue weighted by atomic mass is 15.3. The maximum absolute atomic E-state index is 8.71. The summed E-state index contributed by atoms with van der Waals surface area (Å²) in [5.74, 6) is 0. The number of aryl methyl sites for hydroxylation is 1. The summed E-state index contributed by atoms with van der Waals surface area (Å²) in [6.07, 6.45) is 5.02. The van der Waals surface area contributed by atoms with Gasteiger partial charge in [0.2, 0.25) is 0 Å². The van der Waals surface area contributed by atoms with Gasteiger partial charge in [0, 0.05) is 30.5 Å². The predicted octanol–water partition coefficient (Wildman–Crippen LogP) is 2.78. The number of hydrogen-bond acceptors (Lipinski definition) is 3. The summed E-state index contributed by atoms with van der Waals surface area (Å²) in [6, 6.07) is 9.54. The lowest BCUT2D eigenvalue weighted by Gasteiger charge is -2.04. The molecule has 0 saturated heterocycles. The summed E-state index contributed by atoms with van der Waals surface area (Å²) in [7, 11) is 0. The smallest absolute Gasteiger partial charge is 0.0991 e. The van der Waals surface area contributed by atoms with Crippen LogP contribution in [-0.4, -0.2) is 9.78 Å². The van der Waals surface area contributed by atoms with Crippen molar-refractivity contribution < 1.29 is 0 Å². The third-order valence-electron chi connectivity index (χ3n) is 2.65. The topological polar surface area (TPSA) is 53.6 Å². The van der Waals surface area contributed by atoms with Crippen LogP contribution in [-0.2, 0) is 13.1 Å². The number of hydrogen-bond donors (Lipinski definition) is 1. The Morgan fingerprint density at radius 1 is 1.33 bits per heavy atom. The van der Waals surface area contributed by atoms with Gasteiger partial charge in [0.05, 0.1) is 17.8 Å². The molecule has 0 atom stereocenters. The van der Waals surface area contributed by atoms with E-state index < -0.39 is 0 Å². The van der Waals surface area contributed by atoms with Crippen LogP contribution in [0.15, 0.2) is 36.7 Å². The lowest BCUT2D eigenvalue weighted by molar-refractivity contribution is 0.602. The van der Waals surface area contributed by atoms with Crippen LogP contribution in [0, 0.1) is 11.3 Å². The molecule has 0 aliphatic carbocycles. The maximum atomic E-state index is 8.71. The zero-order valence-corrected chi connectivity index (χ0v) is 10.4. The van der Waals surface area contributed by atoms with Gasteiger partial charge in [-0.05, 0) is 30.7 Å². The molecule has 0 bridgehead atoms. The quantitative estimate of drug-likeness (QED) is 0.874. The number of benzene rings is 1. The number of aromatic nitrogens is 2. The van der Waals surface area contributed by atoms with Crippen LogP contribution < -0.4 is 5.32 Å². The molecule has 1 heterocycles. The second-order valence-corrected chi connectivity index (χ2v) is 4.15. The highest BCUT2D eigenvalue weighted by molar-refractivity contribution is 5.47. The van der Waals surface area contributed by atoms with Gasteiger partial charge >= 0.3 is 0 Å². The first kappa shape index (κ1) is 12.2. The first-order valence-electron chi connectivity index (χ1n) is 6.07. The second kappa shape index (κ2) is 5.87. The van der Waals surface area contributed by atoms with E-state index in [9.17, 15) is 0 Å². The molecule has 0 aliphatic rings. The zero-order valence-electron chi connectivity index (χ0n) is 10.4. The molecule has 1 N–H and O–H groups in total. The van der Waals surface area contributed by atoms with Gasteiger partial charge in [0.1, 0.15) is 0 Å². The molecular formula is C14H16N4. The van der Waals surface area contributed by atoms with Gasteiger partial charge in [-0.1, -0.05) is 6.92 Å². The lowest BCUT2D eigenvalue weighted by atomic mass is 10.2. The van der Waals surface area contributed by atoms with Crippen molar-refractivity contribution in [3.8, 4) is 6.07 Å². The average molecular weight is 240 g/mol. The van der Waals surface area contributed by atoms with Crippen molar-refractivity contribution in [1.82, 2.24) is 9.78 Å². The monoisotopic (exact) mass is 240 g/mol. The first-order valence-corrected chi connectivity index (χ1v) is 6.07. The Bertz CT molecular complexity index is 534. The van der Waals surface area contributed by atoms with Crippen LogP contribution in [0.5, 0.6) is 0 Å². The Morgan fingerprint density at radius 2 is 2.11 bits per heavy atom. The van der Waals surface area contributed by atoms with Gasteiger partial charge in [-0.2, -0.15) is 10.4 Å². The Balaban J connectivity index is 1.91. The number of nitrogens with zero attached hydrogens (tertiary/aromatic N) is 3. The van der Waals surface area contributed by atoms with Crippen LogP contribution in [0.25, 0.3) is 0 Å². The fourth-order valence-corrected chi connectivity index (χ4v) is 1.72. The van der Waals surface area contributed by atoms with E-state index in [1.54, 1.807) is 0 Å². The molecule has 18 heavy (non-hydrogen) atoms. The molecule has 4 heteroatoms. The third kappa shape index (κ3) is 3.11. The molecule has 0 spiro atoms. The van der Waals surface area contributed by atoms with E-state index >= 15 is 0 Å². The summed E-state index contributed by atoms with van der Waals surface area (Å²) < 4.78 is 1.95. The normalized spacial score (nSPS) is 10.0. The first-order chi connectivity index (χ1) is 8.81. The number of anilines is 1. The van der Waals surface area contributed by atoms with Crippen molar-refractivity contribution in [3.63, 3.8) is 0 Å². The van der Waals surface area contributed by atoms with E-state index in [1.165, 1.54) is 0 Å². The molecule has 92 valence electrons. The number of nitrogens with one attached hydrogen (secondary N) is 1. The Labute approximate surface area is 107 Å². The van der Waals surface area contributed by atoms with E-state index in [0.29, 0.717) is 5.56 Å². The van der Waals surface area contributed by atoms with E-state index in [0.717, 1.165) is 30.8 Å². The zero-order chi connectivity index (χ0) is 12.8. The molecule has 0 aliphatic heterocycles. The molecule has 0 radical (unpaired) electrons. The van der Waals surface area contributed by atoms with Crippen LogP contribution in [0.3, 0.4) is 0 Å². The fraction of sp³-hybridized carbons (Fsp3) is 0.286. The molecule has 0 unspecified atom stereocenters. The fourth-order valence-electron chi connectivity index (χ4n) is 1.72. The predicted molar refractivity (Wildman–Crippen MR) is 71.0 cm³/mol. The highest BCUT2D eigenvalue weighted by Gasteiger charge is 1.98. The summed E-state index contributed by atoms with van der Waals surface area (Å²) in [4.78, 5) is 0. The maximum Gasteiger partial charge on any atom is 0.0991 e. The standard InChI is InChI=1S/C14H16N4/c1-2-7-18-11-13(10-17-18)9-16-14-5-3-12(8-15)4-6-14/h3-6,10-11,16H,2,7,9H2,1H3. The summed E-state index contributed by atoms with van der Waals surface area (Å²) in [5.41, 5.74) is 2.85. The van der Waals surface area contributed by atoms with Crippen LogP contribution in [0.2, 0.25) is 0 Å². The highest BCUT2D eigenvalue weighted by Crippen LogP contribution is 2.10. The Morgan fingerprint density at radius 3 is 2.78 bits per heavy atom. The largest absolute Gasteiger partial charge is 0.381 e. The van der Waals surface area contributed by atoms with Gasteiger partial charge in [-0.3, -0.25) is 4.68 Å². The van der Waals surface area contributed by atoms with E-state index in [4.69, 9.17) is 5.26 Å². The minimum absolute atomic E-state index is 0.677. The van der Waals surface area contributed by atoms with Crippen molar-refractivity contribution in [2.45, 2.75) is 26.4 Å². The minimum atomic E-state index is 0.677. The molecule has 1 aromatic carbocycles. The molecule has 0 fully saturated rings. The number of rotatable bonds is 5. The van der Waals surface area contributed by atoms with Crippen LogP contribution >= 0.6 is 0 Å². The molecule has 0 amide bonds. The van der Waals surface area contributed by atoms with E-state index in [2.05, 4.69) is 29.6 Å². The van der Waals surface area contributed by atoms with Crippen molar-refractivity contribution in [2.24, 2.45) is 0 Å². The summed E-state index contributed by atoms with van der Waals surface area (Å²) >= 11 is 0. The van der Waals surface area contributed by atoms with Gasteiger partial charge in [0.25, 0.3) is 0 Å². The van der Waals surface area contributed by atoms with Gasteiger partial charge in [0.15, 0.2) is 0 Å². The SMILES string of the molecule is CCCn1cc(CNc2ccc(C#N)cc2)cn1. The average Bonchev–Trinajstić information content (AvgIpc) is 2.85. The van der Waals surface area contributed by atoms with Gasteiger partial charge in [-0.15, -0.1) is 0 Å². The molecule has 0 saturated carbocycles. The molecule has 1 aromatic heterocycles. The van der Waals surface area contributed by atoms with Gasteiger partial charge in [-0.25, -0.2) is 0 Å². The minimum Gasteiger partial charge on any atom is -0.381 e. The summed E-state index contributed by atoms with van der Waals surface area (Å²) in [5, 5.41) is 16.3. The summed E-state index contributed by atoms with van der Waals surface area (Å²) in [6.45, 7) is 3.84. The second-order valence-electron chi connectivity index (χ2n) is 4.15. The van der Waals surface area contributed by atoms with Crippen LogP contribution in [0.4, 0.5) is 5.69 Å². The Hall–Kier alpha value is -2.28. The van der Waals surface area contributed by atoms with E-state index in [-0.39, 0.29) is 0 Å². The van der Waals surface area contributed by atoms with Crippen molar-refractivity contribution in [3.05, 3.63) is 47.8 Å². The third-order valence-corrected chi connectivity index (χ3v) is 2.65. The van der Waals surface area contributed by atoms with Crippen molar-refractivity contribution in [2.75, 3.05) is 5.32 Å².